The first-order valence-corrected chi connectivity index (χ1v) is 11.0. The summed E-state index contributed by atoms with van der Waals surface area (Å²) in [5.41, 5.74) is -0.00775. The third-order valence-corrected chi connectivity index (χ3v) is 7.52. The minimum absolute atomic E-state index is 0.00775. The molecule has 1 nitrogen and oxygen atoms in total. The van der Waals surface area contributed by atoms with Gasteiger partial charge in [-0.05, 0) is 62.2 Å². The van der Waals surface area contributed by atoms with E-state index in [-0.39, 0.29) is 5.41 Å². The van der Waals surface area contributed by atoms with Gasteiger partial charge in [0.1, 0.15) is 0 Å². The molecule has 138 valence electrons. The first-order valence-electron chi connectivity index (χ1n) is 11.0. The molecule has 0 N–H and O–H groups in total. The summed E-state index contributed by atoms with van der Waals surface area (Å²) >= 11 is 0. The summed E-state index contributed by atoms with van der Waals surface area (Å²) in [6.07, 6.45) is 19.5. The van der Waals surface area contributed by atoms with Gasteiger partial charge in [0.15, 0.2) is 0 Å². The zero-order valence-electron chi connectivity index (χ0n) is 16.7. The average molecular weight is 332 g/mol. The van der Waals surface area contributed by atoms with Gasteiger partial charge in [0.2, 0.25) is 0 Å². The van der Waals surface area contributed by atoms with Gasteiger partial charge in [-0.1, -0.05) is 72.1 Å². The number of nitrogens with zero attached hydrogens (tertiary/aromatic N) is 1. The van der Waals surface area contributed by atoms with Gasteiger partial charge in [0.05, 0.1) is 11.5 Å². The van der Waals surface area contributed by atoms with Crippen LogP contribution in [0.25, 0.3) is 0 Å². The molecular formula is C23H41N. The number of hydrogen-bond donors (Lipinski definition) is 0. The lowest BCUT2D eigenvalue weighted by Crippen LogP contribution is -2.34. The molecular weight excluding hydrogens is 290 g/mol. The fraction of sp³-hybridized carbons (Fsp3) is 0.957. The molecule has 0 aliphatic heterocycles. The topological polar surface area (TPSA) is 23.8 Å². The third kappa shape index (κ3) is 5.24. The highest BCUT2D eigenvalue weighted by Crippen LogP contribution is 2.48. The Morgan fingerprint density at radius 2 is 1.46 bits per heavy atom. The van der Waals surface area contributed by atoms with Gasteiger partial charge in [0, 0.05) is 0 Å². The summed E-state index contributed by atoms with van der Waals surface area (Å²) in [6.45, 7) is 6.79. The first kappa shape index (κ1) is 19.8. The van der Waals surface area contributed by atoms with Crippen LogP contribution in [-0.2, 0) is 0 Å². The summed E-state index contributed by atoms with van der Waals surface area (Å²) in [4.78, 5) is 0. The van der Waals surface area contributed by atoms with Crippen LogP contribution in [0, 0.1) is 40.4 Å². The van der Waals surface area contributed by atoms with Crippen molar-refractivity contribution in [2.24, 2.45) is 29.1 Å². The maximum Gasteiger partial charge on any atom is 0.0692 e. The lowest BCUT2D eigenvalue weighted by atomic mass is 9.61. The average Bonchev–Trinajstić information content (AvgIpc) is 2.62. The zero-order chi connectivity index (χ0) is 17.4. The molecule has 0 bridgehead atoms. The number of rotatable bonds is 8. The third-order valence-electron chi connectivity index (χ3n) is 7.52. The molecule has 2 aliphatic rings. The maximum absolute atomic E-state index is 9.63. The smallest absolute Gasteiger partial charge is 0.0692 e. The Balaban J connectivity index is 1.66. The van der Waals surface area contributed by atoms with Crippen molar-refractivity contribution in [2.45, 2.75) is 111 Å². The first-order chi connectivity index (χ1) is 11.6. The molecule has 1 heteroatoms. The second-order valence-corrected chi connectivity index (χ2v) is 9.24. The molecule has 0 aromatic heterocycles. The molecule has 2 saturated carbocycles. The summed E-state index contributed by atoms with van der Waals surface area (Å²) in [5.74, 6) is 3.45. The van der Waals surface area contributed by atoms with E-state index < -0.39 is 0 Å². The van der Waals surface area contributed by atoms with Gasteiger partial charge in [-0.2, -0.15) is 5.26 Å². The molecule has 0 spiro atoms. The van der Waals surface area contributed by atoms with Crippen LogP contribution in [0.2, 0.25) is 0 Å². The van der Waals surface area contributed by atoms with Crippen molar-refractivity contribution in [3.63, 3.8) is 0 Å². The van der Waals surface area contributed by atoms with E-state index in [9.17, 15) is 5.26 Å². The Hall–Kier alpha value is -0.510. The van der Waals surface area contributed by atoms with Gasteiger partial charge >= 0.3 is 0 Å². The van der Waals surface area contributed by atoms with Crippen LogP contribution in [-0.4, -0.2) is 0 Å². The van der Waals surface area contributed by atoms with Gasteiger partial charge in [-0.15, -0.1) is 0 Å². The predicted molar refractivity (Wildman–Crippen MR) is 104 cm³/mol. The summed E-state index contributed by atoms with van der Waals surface area (Å²) in [6, 6.07) is 2.69. The highest BCUT2D eigenvalue weighted by atomic mass is 14.5. The Morgan fingerprint density at radius 1 is 0.875 bits per heavy atom. The van der Waals surface area contributed by atoms with Crippen molar-refractivity contribution in [3.8, 4) is 6.07 Å². The molecule has 0 radical (unpaired) electrons. The van der Waals surface area contributed by atoms with Crippen LogP contribution in [0.5, 0.6) is 0 Å². The van der Waals surface area contributed by atoms with E-state index in [1.165, 1.54) is 77.0 Å². The number of nitriles is 1. The van der Waals surface area contributed by atoms with E-state index in [1.54, 1.807) is 0 Å². The predicted octanol–water partition coefficient (Wildman–Crippen LogP) is 7.51. The van der Waals surface area contributed by atoms with E-state index in [4.69, 9.17) is 0 Å². The molecule has 2 rings (SSSR count). The molecule has 0 unspecified atom stereocenters. The molecule has 0 saturated heterocycles. The minimum atomic E-state index is -0.00775. The van der Waals surface area contributed by atoms with E-state index in [2.05, 4.69) is 26.8 Å². The largest absolute Gasteiger partial charge is 0.198 e. The van der Waals surface area contributed by atoms with Gasteiger partial charge < -0.3 is 0 Å². The lowest BCUT2D eigenvalue weighted by molar-refractivity contribution is 0.0959. The van der Waals surface area contributed by atoms with E-state index in [0.29, 0.717) is 5.92 Å². The van der Waals surface area contributed by atoms with Crippen LogP contribution < -0.4 is 0 Å². The molecule has 0 amide bonds. The highest BCUT2D eigenvalue weighted by molar-refractivity contribution is 5.04. The fourth-order valence-electron chi connectivity index (χ4n) is 5.43. The van der Waals surface area contributed by atoms with E-state index >= 15 is 0 Å². The monoisotopic (exact) mass is 331 g/mol. The lowest BCUT2D eigenvalue weighted by Gasteiger charge is -2.42. The van der Waals surface area contributed by atoms with Crippen LogP contribution in [0.4, 0.5) is 0 Å². The Morgan fingerprint density at radius 3 is 2.00 bits per heavy atom. The van der Waals surface area contributed by atoms with E-state index in [1.807, 2.05) is 0 Å². The van der Waals surface area contributed by atoms with Crippen molar-refractivity contribution in [2.75, 3.05) is 0 Å². The quantitative estimate of drug-likeness (QED) is 0.422. The number of unbranched alkanes of at least 4 members (excludes halogenated alkanes) is 4. The fourth-order valence-corrected chi connectivity index (χ4v) is 5.43. The molecule has 0 atom stereocenters. The zero-order valence-corrected chi connectivity index (χ0v) is 16.7. The summed E-state index contributed by atoms with van der Waals surface area (Å²) in [5, 5.41) is 9.63. The maximum atomic E-state index is 9.63. The van der Waals surface area contributed by atoms with Gasteiger partial charge in [-0.3, -0.25) is 0 Å². The van der Waals surface area contributed by atoms with Crippen molar-refractivity contribution >= 4 is 0 Å². The normalized spacial score (nSPS) is 34.2. The van der Waals surface area contributed by atoms with Crippen LogP contribution in [0.15, 0.2) is 0 Å². The van der Waals surface area contributed by atoms with Crippen molar-refractivity contribution in [1.82, 2.24) is 0 Å². The van der Waals surface area contributed by atoms with Gasteiger partial charge in [-0.25, -0.2) is 0 Å². The Labute approximate surface area is 151 Å². The van der Waals surface area contributed by atoms with Crippen molar-refractivity contribution in [1.29, 1.82) is 5.26 Å². The standard InChI is InChI=1S/C23H41N/c1-4-5-6-7-8-9-20-10-12-21(13-11-20)22-14-16-23(18-24,17-15-22)19(2)3/h19-22H,4-17H2,1-3H3/t20?,21?,22-,23-. The van der Waals surface area contributed by atoms with Crippen molar-refractivity contribution in [3.05, 3.63) is 0 Å². The van der Waals surface area contributed by atoms with Gasteiger partial charge in [0.25, 0.3) is 0 Å². The second-order valence-electron chi connectivity index (χ2n) is 9.24. The molecule has 2 aliphatic carbocycles. The van der Waals surface area contributed by atoms with Crippen molar-refractivity contribution < 1.29 is 0 Å². The summed E-state index contributed by atoms with van der Waals surface area (Å²) in [7, 11) is 0. The molecule has 24 heavy (non-hydrogen) atoms. The summed E-state index contributed by atoms with van der Waals surface area (Å²) < 4.78 is 0. The molecule has 0 aromatic rings. The Bertz CT molecular complexity index is 375. The van der Waals surface area contributed by atoms with Crippen LogP contribution >= 0.6 is 0 Å². The van der Waals surface area contributed by atoms with Crippen LogP contribution in [0.1, 0.15) is 111 Å². The molecule has 0 heterocycles. The second kappa shape index (κ2) is 9.84. The Kier molecular flexibility index (Phi) is 8.12. The SMILES string of the molecule is CCCCCCCC1CCC([C@H]2CC[C@](C#N)(C(C)C)CC2)CC1. The number of hydrogen-bond acceptors (Lipinski definition) is 1. The minimum Gasteiger partial charge on any atom is -0.198 e. The molecule has 2 fully saturated rings. The highest BCUT2D eigenvalue weighted by Gasteiger charge is 2.40. The molecule has 0 aromatic carbocycles. The van der Waals surface area contributed by atoms with Crippen LogP contribution in [0.3, 0.4) is 0 Å². The van der Waals surface area contributed by atoms with E-state index in [0.717, 1.165) is 30.6 Å².